The molecule has 3 heterocycles. The molecule has 3 aliphatic rings. The molecule has 0 aliphatic carbocycles. The third-order valence-electron chi connectivity index (χ3n) is 5.48. The lowest BCUT2D eigenvalue weighted by Crippen LogP contribution is -2.58. The fourth-order valence-electron chi connectivity index (χ4n) is 3.94. The lowest BCUT2D eigenvalue weighted by molar-refractivity contribution is -0.265. The number of nitrogens with zero attached hydrogens (tertiary/aromatic N) is 2. The summed E-state index contributed by atoms with van der Waals surface area (Å²) in [7, 11) is 0. The molecule has 0 unspecified atom stereocenters. The van der Waals surface area contributed by atoms with Gasteiger partial charge in [-0.15, -0.1) is 0 Å². The van der Waals surface area contributed by atoms with Crippen LogP contribution >= 0.6 is 0 Å². The van der Waals surface area contributed by atoms with Crippen LogP contribution in [-0.4, -0.2) is 72.7 Å². The van der Waals surface area contributed by atoms with E-state index in [-0.39, 0.29) is 6.09 Å². The van der Waals surface area contributed by atoms with E-state index < -0.39 is 11.4 Å². The third kappa shape index (κ3) is 4.86. The van der Waals surface area contributed by atoms with Crippen molar-refractivity contribution >= 4 is 6.09 Å². The van der Waals surface area contributed by atoms with Gasteiger partial charge in [-0.3, -0.25) is 4.90 Å². The third-order valence-corrected chi connectivity index (χ3v) is 5.48. The fraction of sp³-hybridized carbons (Fsp3) is 0.947. The number of hydrogen-bond donors (Lipinski definition) is 0. The molecule has 6 heteroatoms. The quantitative estimate of drug-likeness (QED) is 0.763. The van der Waals surface area contributed by atoms with E-state index in [2.05, 4.69) is 4.90 Å². The van der Waals surface area contributed by atoms with Gasteiger partial charge in [0.25, 0.3) is 0 Å². The van der Waals surface area contributed by atoms with Crippen LogP contribution in [0.3, 0.4) is 0 Å². The lowest BCUT2D eigenvalue weighted by Gasteiger charge is -2.48. The maximum absolute atomic E-state index is 12.1. The minimum absolute atomic E-state index is 0.173. The Morgan fingerprint density at radius 3 is 2.32 bits per heavy atom. The molecular formula is C19H34N2O4. The lowest BCUT2D eigenvalue weighted by atomic mass is 9.80. The van der Waals surface area contributed by atoms with Crippen LogP contribution in [0.5, 0.6) is 0 Å². The molecule has 0 saturated carbocycles. The second kappa shape index (κ2) is 7.05. The zero-order chi connectivity index (χ0) is 18.2. The van der Waals surface area contributed by atoms with Gasteiger partial charge in [0.1, 0.15) is 5.60 Å². The van der Waals surface area contributed by atoms with Crippen LogP contribution < -0.4 is 0 Å². The van der Waals surface area contributed by atoms with Crippen molar-refractivity contribution in [2.24, 2.45) is 11.8 Å². The van der Waals surface area contributed by atoms with Crippen molar-refractivity contribution in [3.8, 4) is 0 Å². The maximum Gasteiger partial charge on any atom is 0.410 e. The van der Waals surface area contributed by atoms with Gasteiger partial charge in [-0.25, -0.2) is 4.79 Å². The Labute approximate surface area is 151 Å². The molecule has 1 atom stereocenters. The summed E-state index contributed by atoms with van der Waals surface area (Å²) in [5, 5.41) is 0. The number of carbonyl (C=O) groups excluding carboxylic acids is 1. The molecule has 0 aromatic heterocycles. The molecule has 3 fully saturated rings. The summed E-state index contributed by atoms with van der Waals surface area (Å²) >= 11 is 0. The molecule has 0 N–H and O–H groups in total. The monoisotopic (exact) mass is 354 g/mol. The van der Waals surface area contributed by atoms with Crippen molar-refractivity contribution in [1.82, 2.24) is 9.80 Å². The Balaban J connectivity index is 1.45. The second-order valence-corrected chi connectivity index (χ2v) is 9.22. The van der Waals surface area contributed by atoms with Crippen LogP contribution in [-0.2, 0) is 14.2 Å². The van der Waals surface area contributed by atoms with E-state index in [9.17, 15) is 4.79 Å². The zero-order valence-corrected chi connectivity index (χ0v) is 16.4. The van der Waals surface area contributed by atoms with Crippen LogP contribution in [0.1, 0.15) is 47.5 Å². The molecule has 3 aliphatic heterocycles. The van der Waals surface area contributed by atoms with Crippen LogP contribution in [0.4, 0.5) is 4.79 Å². The van der Waals surface area contributed by atoms with E-state index in [4.69, 9.17) is 14.2 Å². The summed E-state index contributed by atoms with van der Waals surface area (Å²) in [5.74, 6) is 0.799. The largest absolute Gasteiger partial charge is 0.444 e. The summed E-state index contributed by atoms with van der Waals surface area (Å²) in [6.07, 6.45) is 2.30. The number of hydrogen-bond acceptors (Lipinski definition) is 5. The normalized spacial score (nSPS) is 29.3. The highest BCUT2D eigenvalue weighted by atomic mass is 16.7. The van der Waals surface area contributed by atoms with Gasteiger partial charge >= 0.3 is 6.09 Å². The Morgan fingerprint density at radius 2 is 1.72 bits per heavy atom. The molecule has 3 rings (SSSR count). The van der Waals surface area contributed by atoms with Crippen LogP contribution in [0.25, 0.3) is 0 Å². The molecule has 0 bridgehead atoms. The molecule has 6 nitrogen and oxygen atoms in total. The van der Waals surface area contributed by atoms with E-state index in [0.717, 1.165) is 39.4 Å². The van der Waals surface area contributed by atoms with E-state index in [0.29, 0.717) is 17.9 Å². The second-order valence-electron chi connectivity index (χ2n) is 9.22. The molecule has 3 saturated heterocycles. The van der Waals surface area contributed by atoms with Crippen molar-refractivity contribution in [3.63, 3.8) is 0 Å². The van der Waals surface area contributed by atoms with Crippen molar-refractivity contribution in [2.45, 2.75) is 64.9 Å². The number of ether oxygens (including phenoxy) is 3. The standard InChI is InChI=1S/C19H34N2O4/c1-18(2,3)25-17(22)21-10-15(11-21)14-7-6-8-20(9-14)16-12-23-19(4,5)24-13-16/h14-16H,6-13H2,1-5H3/t14-/m0/s1. The predicted octanol–water partition coefficient (Wildman–Crippen LogP) is 2.72. The first-order valence-corrected chi connectivity index (χ1v) is 9.63. The van der Waals surface area contributed by atoms with Crippen molar-refractivity contribution < 1.29 is 19.0 Å². The molecule has 1 amide bonds. The highest BCUT2D eigenvalue weighted by Gasteiger charge is 2.41. The average Bonchev–Trinajstić information content (AvgIpc) is 2.44. The van der Waals surface area contributed by atoms with Gasteiger partial charge in [-0.2, -0.15) is 0 Å². The summed E-state index contributed by atoms with van der Waals surface area (Å²) < 4.78 is 17.1. The molecule has 144 valence electrons. The van der Waals surface area contributed by atoms with Crippen molar-refractivity contribution in [1.29, 1.82) is 0 Å². The Bertz CT molecular complexity index is 472. The van der Waals surface area contributed by atoms with Gasteiger partial charge < -0.3 is 19.1 Å². The predicted molar refractivity (Wildman–Crippen MR) is 95.4 cm³/mol. The Hall–Kier alpha value is -0.850. The Morgan fingerprint density at radius 1 is 1.08 bits per heavy atom. The number of amides is 1. The Kier molecular flexibility index (Phi) is 5.33. The molecule has 0 aromatic rings. The van der Waals surface area contributed by atoms with Gasteiger partial charge in [0.15, 0.2) is 5.79 Å². The topological polar surface area (TPSA) is 51.2 Å². The highest BCUT2D eigenvalue weighted by molar-refractivity contribution is 5.69. The smallest absolute Gasteiger partial charge is 0.410 e. The van der Waals surface area contributed by atoms with Crippen LogP contribution in [0.15, 0.2) is 0 Å². The first-order valence-electron chi connectivity index (χ1n) is 9.63. The fourth-order valence-corrected chi connectivity index (χ4v) is 3.94. The van der Waals surface area contributed by atoms with Gasteiger partial charge in [0, 0.05) is 19.6 Å². The summed E-state index contributed by atoms with van der Waals surface area (Å²) in [4.78, 5) is 16.5. The number of likely N-dealkylation sites (tertiary alicyclic amines) is 2. The molecule has 0 aromatic carbocycles. The first kappa shape index (κ1) is 18.9. The van der Waals surface area contributed by atoms with Crippen molar-refractivity contribution in [3.05, 3.63) is 0 Å². The van der Waals surface area contributed by atoms with Gasteiger partial charge in [0.05, 0.1) is 19.3 Å². The molecule has 25 heavy (non-hydrogen) atoms. The van der Waals surface area contributed by atoms with Crippen LogP contribution in [0, 0.1) is 11.8 Å². The summed E-state index contributed by atoms with van der Waals surface area (Å²) in [6.45, 7) is 15.1. The van der Waals surface area contributed by atoms with Gasteiger partial charge in [0.2, 0.25) is 0 Å². The van der Waals surface area contributed by atoms with E-state index >= 15 is 0 Å². The zero-order valence-electron chi connectivity index (χ0n) is 16.4. The highest BCUT2D eigenvalue weighted by Crippen LogP contribution is 2.33. The minimum atomic E-state index is -0.451. The maximum atomic E-state index is 12.1. The minimum Gasteiger partial charge on any atom is -0.444 e. The van der Waals surface area contributed by atoms with Gasteiger partial charge in [-0.1, -0.05) is 0 Å². The summed E-state index contributed by atoms with van der Waals surface area (Å²) in [6, 6.07) is 0.359. The number of carbonyl (C=O) groups is 1. The number of rotatable bonds is 2. The van der Waals surface area contributed by atoms with Crippen LogP contribution in [0.2, 0.25) is 0 Å². The molecular weight excluding hydrogens is 320 g/mol. The van der Waals surface area contributed by atoms with E-state index in [1.807, 2.05) is 39.5 Å². The van der Waals surface area contributed by atoms with Gasteiger partial charge in [-0.05, 0) is 65.8 Å². The summed E-state index contributed by atoms with van der Waals surface area (Å²) in [5.41, 5.74) is -0.418. The molecule has 0 radical (unpaired) electrons. The SMILES string of the molecule is CC(C)(C)OC(=O)N1CC([C@H]2CCCN(C3COC(C)(C)OC3)C2)C1. The average molecular weight is 354 g/mol. The number of piperidine rings is 1. The van der Waals surface area contributed by atoms with E-state index in [1.54, 1.807) is 0 Å². The van der Waals surface area contributed by atoms with Crippen molar-refractivity contribution in [2.75, 3.05) is 39.4 Å². The molecule has 0 spiro atoms. The first-order chi connectivity index (χ1) is 11.6. The van der Waals surface area contributed by atoms with E-state index in [1.165, 1.54) is 12.8 Å².